The minimum absolute atomic E-state index is 0.0552. The summed E-state index contributed by atoms with van der Waals surface area (Å²) in [4.78, 5) is 35.5. The number of ether oxygens (including phenoxy) is 1. The Bertz CT molecular complexity index is 1190. The summed E-state index contributed by atoms with van der Waals surface area (Å²) in [6.07, 6.45) is 0. The Hall–Kier alpha value is -2.97. The number of thiazole rings is 1. The van der Waals surface area contributed by atoms with Crippen molar-refractivity contribution in [2.24, 2.45) is 4.99 Å². The molecule has 0 aliphatic carbocycles. The lowest BCUT2D eigenvalue weighted by Gasteiger charge is -2.35. The number of carbonyl (C=O) groups excluding carboxylic acids is 2. The lowest BCUT2D eigenvalue weighted by atomic mass is 10.2. The van der Waals surface area contributed by atoms with Crippen molar-refractivity contribution < 1.29 is 14.3 Å². The van der Waals surface area contributed by atoms with Crippen molar-refractivity contribution >= 4 is 33.4 Å². The van der Waals surface area contributed by atoms with Gasteiger partial charge in [0.2, 0.25) is 5.91 Å². The molecule has 1 aromatic heterocycles. The average molecular weight is 453 g/mol. The van der Waals surface area contributed by atoms with Crippen molar-refractivity contribution in [2.75, 3.05) is 39.8 Å². The van der Waals surface area contributed by atoms with Gasteiger partial charge in [0.25, 0.3) is 5.91 Å². The second-order valence-electron chi connectivity index (χ2n) is 7.81. The third-order valence-corrected chi connectivity index (χ3v) is 6.96. The highest BCUT2D eigenvalue weighted by Crippen LogP contribution is 2.22. The van der Waals surface area contributed by atoms with Gasteiger partial charge < -0.3 is 19.1 Å². The Morgan fingerprint density at radius 3 is 2.56 bits per heavy atom. The molecule has 7 nitrogen and oxygen atoms in total. The first kappa shape index (κ1) is 22.2. The molecule has 32 heavy (non-hydrogen) atoms. The molecule has 1 aliphatic heterocycles. The SMILES string of the molecule is CCN1CCN(C(=O)[C@H](C)n2c(=NC(=O)c3cccc(OC)c3)sc3ccccc32)CC1. The van der Waals surface area contributed by atoms with Gasteiger partial charge in [0.1, 0.15) is 11.8 Å². The van der Waals surface area contributed by atoms with Gasteiger partial charge in [-0.2, -0.15) is 4.99 Å². The Morgan fingerprint density at radius 1 is 1.09 bits per heavy atom. The highest BCUT2D eigenvalue weighted by molar-refractivity contribution is 7.16. The fourth-order valence-corrected chi connectivity index (χ4v) is 5.11. The number of amides is 2. The predicted molar refractivity (Wildman–Crippen MR) is 126 cm³/mol. The number of piperazine rings is 1. The fourth-order valence-electron chi connectivity index (χ4n) is 4.01. The van der Waals surface area contributed by atoms with Crippen molar-refractivity contribution in [2.45, 2.75) is 19.9 Å². The molecule has 1 fully saturated rings. The average Bonchev–Trinajstić information content (AvgIpc) is 3.20. The van der Waals surface area contributed by atoms with Crippen LogP contribution in [-0.4, -0.2) is 66.0 Å². The number of carbonyl (C=O) groups is 2. The van der Waals surface area contributed by atoms with Crippen LogP contribution in [0.4, 0.5) is 0 Å². The molecular weight excluding hydrogens is 424 g/mol. The number of hydrogen-bond donors (Lipinski definition) is 0. The van der Waals surface area contributed by atoms with Crippen LogP contribution in [0.3, 0.4) is 0 Å². The molecule has 8 heteroatoms. The van der Waals surface area contributed by atoms with Gasteiger partial charge in [0.15, 0.2) is 4.80 Å². The zero-order chi connectivity index (χ0) is 22.7. The van der Waals surface area contributed by atoms with Crippen LogP contribution in [0.5, 0.6) is 5.75 Å². The van der Waals surface area contributed by atoms with Gasteiger partial charge in [-0.3, -0.25) is 9.59 Å². The van der Waals surface area contributed by atoms with Crippen molar-refractivity contribution in [1.82, 2.24) is 14.4 Å². The van der Waals surface area contributed by atoms with E-state index in [0.29, 0.717) is 16.1 Å². The van der Waals surface area contributed by atoms with Gasteiger partial charge in [-0.15, -0.1) is 0 Å². The highest BCUT2D eigenvalue weighted by Gasteiger charge is 2.27. The van der Waals surface area contributed by atoms with Gasteiger partial charge in [-0.25, -0.2) is 0 Å². The van der Waals surface area contributed by atoms with Gasteiger partial charge in [0, 0.05) is 31.7 Å². The third-order valence-electron chi connectivity index (χ3n) is 5.92. The number of benzene rings is 2. The van der Waals surface area contributed by atoms with Crippen LogP contribution < -0.4 is 9.54 Å². The topological polar surface area (TPSA) is 67.1 Å². The molecule has 0 spiro atoms. The molecule has 2 amide bonds. The maximum Gasteiger partial charge on any atom is 0.279 e. The number of rotatable bonds is 5. The van der Waals surface area contributed by atoms with E-state index >= 15 is 0 Å². The van der Waals surface area contributed by atoms with Crippen LogP contribution in [0.2, 0.25) is 0 Å². The van der Waals surface area contributed by atoms with Crippen molar-refractivity contribution in [1.29, 1.82) is 0 Å². The van der Waals surface area contributed by atoms with Crippen LogP contribution in [0.1, 0.15) is 30.2 Å². The van der Waals surface area contributed by atoms with E-state index in [2.05, 4.69) is 16.8 Å². The highest BCUT2D eigenvalue weighted by atomic mass is 32.1. The molecule has 3 aromatic rings. The Balaban J connectivity index is 1.71. The van der Waals surface area contributed by atoms with E-state index in [0.717, 1.165) is 42.9 Å². The maximum absolute atomic E-state index is 13.4. The van der Waals surface area contributed by atoms with Crippen molar-refractivity contribution in [3.05, 3.63) is 58.9 Å². The fraction of sp³-hybridized carbons (Fsp3) is 0.375. The molecule has 2 aromatic carbocycles. The molecule has 0 radical (unpaired) electrons. The monoisotopic (exact) mass is 452 g/mol. The number of methoxy groups -OCH3 is 1. The Morgan fingerprint density at radius 2 is 1.84 bits per heavy atom. The van der Waals surface area contributed by atoms with Crippen molar-refractivity contribution in [3.8, 4) is 5.75 Å². The second kappa shape index (κ2) is 9.67. The molecule has 1 atom stereocenters. The minimum atomic E-state index is -0.462. The molecular formula is C24H28N4O3S. The largest absolute Gasteiger partial charge is 0.497 e. The van der Waals surface area contributed by atoms with E-state index < -0.39 is 6.04 Å². The number of fused-ring (bicyclic) bond motifs is 1. The number of para-hydroxylation sites is 1. The Labute approximate surface area is 191 Å². The molecule has 0 bridgehead atoms. The summed E-state index contributed by atoms with van der Waals surface area (Å²) in [5.74, 6) is 0.296. The minimum Gasteiger partial charge on any atom is -0.497 e. The molecule has 0 N–H and O–H groups in total. The zero-order valence-electron chi connectivity index (χ0n) is 18.7. The molecule has 1 saturated heterocycles. The standard InChI is InChI=1S/C24H28N4O3S/c1-4-26-12-14-27(15-13-26)23(30)17(2)28-20-10-5-6-11-21(20)32-24(28)25-22(29)18-8-7-9-19(16-18)31-3/h5-11,16-17H,4,12-15H2,1-3H3/t17-/m0/s1. The number of nitrogens with zero attached hydrogens (tertiary/aromatic N) is 4. The van der Waals surface area contributed by atoms with Gasteiger partial charge in [-0.05, 0) is 43.8 Å². The molecule has 168 valence electrons. The molecule has 0 unspecified atom stereocenters. The van der Waals surface area contributed by atoms with E-state index in [1.807, 2.05) is 40.7 Å². The van der Waals surface area contributed by atoms with Crippen LogP contribution in [-0.2, 0) is 4.79 Å². The first-order chi connectivity index (χ1) is 15.5. The normalized spacial score (nSPS) is 16.3. The van der Waals surface area contributed by atoms with Crippen LogP contribution in [0.25, 0.3) is 10.2 Å². The lowest BCUT2D eigenvalue weighted by Crippen LogP contribution is -2.50. The van der Waals surface area contributed by atoms with Gasteiger partial charge >= 0.3 is 0 Å². The number of hydrogen-bond acceptors (Lipinski definition) is 5. The first-order valence-corrected chi connectivity index (χ1v) is 11.7. The summed E-state index contributed by atoms with van der Waals surface area (Å²) in [5.41, 5.74) is 1.35. The summed E-state index contributed by atoms with van der Waals surface area (Å²) in [6, 6.07) is 14.3. The summed E-state index contributed by atoms with van der Waals surface area (Å²) >= 11 is 1.42. The smallest absolute Gasteiger partial charge is 0.279 e. The van der Waals surface area contributed by atoms with Gasteiger partial charge in [-0.1, -0.05) is 36.5 Å². The number of likely N-dealkylation sites (N-methyl/N-ethyl adjacent to an activating group) is 1. The van der Waals surface area contributed by atoms with E-state index in [4.69, 9.17) is 4.74 Å². The third kappa shape index (κ3) is 4.47. The quantitative estimate of drug-likeness (QED) is 0.596. The molecule has 2 heterocycles. The molecule has 0 saturated carbocycles. The van der Waals surface area contributed by atoms with Gasteiger partial charge in [0.05, 0.1) is 17.3 Å². The van der Waals surface area contributed by atoms with Crippen LogP contribution >= 0.6 is 11.3 Å². The van der Waals surface area contributed by atoms with E-state index in [-0.39, 0.29) is 11.8 Å². The summed E-state index contributed by atoms with van der Waals surface area (Å²) in [6.45, 7) is 8.23. The van der Waals surface area contributed by atoms with E-state index in [9.17, 15) is 9.59 Å². The van der Waals surface area contributed by atoms with Crippen molar-refractivity contribution in [3.63, 3.8) is 0 Å². The zero-order valence-corrected chi connectivity index (χ0v) is 19.5. The number of aromatic nitrogens is 1. The van der Waals surface area contributed by atoms with E-state index in [1.54, 1.807) is 31.4 Å². The maximum atomic E-state index is 13.4. The Kier molecular flexibility index (Phi) is 6.72. The molecule has 4 rings (SSSR count). The first-order valence-electron chi connectivity index (χ1n) is 10.9. The predicted octanol–water partition coefficient (Wildman–Crippen LogP) is 3.18. The van der Waals surface area contributed by atoms with Crippen LogP contribution in [0, 0.1) is 0 Å². The summed E-state index contributed by atoms with van der Waals surface area (Å²) in [5, 5.41) is 0. The summed E-state index contributed by atoms with van der Waals surface area (Å²) < 4.78 is 8.11. The second-order valence-corrected chi connectivity index (χ2v) is 8.82. The molecule has 1 aliphatic rings. The lowest BCUT2D eigenvalue weighted by molar-refractivity contribution is -0.136. The summed E-state index contributed by atoms with van der Waals surface area (Å²) in [7, 11) is 1.56. The van der Waals surface area contributed by atoms with Crippen LogP contribution in [0.15, 0.2) is 53.5 Å². The van der Waals surface area contributed by atoms with E-state index in [1.165, 1.54) is 11.3 Å².